The molecule has 0 saturated heterocycles. The molecule has 0 aliphatic rings. The van der Waals surface area contributed by atoms with Crippen LogP contribution in [0.4, 0.5) is 0 Å². The van der Waals surface area contributed by atoms with E-state index in [2.05, 4.69) is 37.1 Å². The Morgan fingerprint density at radius 2 is 2.16 bits per heavy atom. The van der Waals surface area contributed by atoms with Crippen LogP contribution in [0.3, 0.4) is 0 Å². The Hall–Kier alpha value is -0.825. The van der Waals surface area contributed by atoms with Crippen molar-refractivity contribution in [2.75, 3.05) is 0 Å². The zero-order chi connectivity index (χ0) is 14.7. The quantitative estimate of drug-likeness (QED) is 0.379. The van der Waals surface area contributed by atoms with Gasteiger partial charge in [-0.1, -0.05) is 49.9 Å². The molecule has 0 amide bonds. The molecule has 0 fully saturated rings. The highest BCUT2D eigenvalue weighted by Gasteiger charge is 2.26. The van der Waals surface area contributed by atoms with Gasteiger partial charge in [0, 0.05) is 0 Å². The van der Waals surface area contributed by atoms with E-state index in [0.29, 0.717) is 6.32 Å². The molecule has 0 aliphatic carbocycles. The van der Waals surface area contributed by atoms with Gasteiger partial charge in [0.25, 0.3) is 0 Å². The number of rotatable bonds is 9. The fourth-order valence-corrected chi connectivity index (χ4v) is 2.07. The van der Waals surface area contributed by atoms with Crippen LogP contribution in [0.25, 0.3) is 0 Å². The van der Waals surface area contributed by atoms with Gasteiger partial charge in [-0.2, -0.15) is 0 Å². The number of nitrogens with two attached hydrogens (primary N) is 1. The molecule has 0 spiro atoms. The fourth-order valence-electron chi connectivity index (χ4n) is 2.07. The second kappa shape index (κ2) is 10.0. The van der Waals surface area contributed by atoms with Crippen LogP contribution in [-0.2, 0) is 0 Å². The van der Waals surface area contributed by atoms with Gasteiger partial charge in [0.1, 0.15) is 5.66 Å². The van der Waals surface area contributed by atoms with E-state index >= 15 is 0 Å². The summed E-state index contributed by atoms with van der Waals surface area (Å²) in [4.78, 5) is 4.38. The van der Waals surface area contributed by atoms with E-state index in [9.17, 15) is 0 Å². The van der Waals surface area contributed by atoms with Crippen molar-refractivity contribution < 1.29 is 0 Å². The average Bonchev–Trinajstić information content (AvgIpc) is 2.34. The summed E-state index contributed by atoms with van der Waals surface area (Å²) in [5.74, 6) is 0.281. The van der Waals surface area contributed by atoms with Crippen LogP contribution in [0.5, 0.6) is 0 Å². The molecule has 0 aromatic heterocycles. The predicted octanol–water partition coefficient (Wildman–Crippen LogP) is 4.04. The fraction of sp³-hybridized carbons (Fsp3) is 0.688. The van der Waals surface area contributed by atoms with Gasteiger partial charge in [0.15, 0.2) is 0 Å². The third kappa shape index (κ3) is 8.04. The summed E-state index contributed by atoms with van der Waals surface area (Å²) in [5.41, 5.74) is 7.02. The number of hydrogen-bond acceptors (Lipinski definition) is 2. The smallest absolute Gasteiger partial charge is 0.108 e. The van der Waals surface area contributed by atoms with Crippen molar-refractivity contribution in [2.24, 2.45) is 16.6 Å². The number of hydrogen-bond donors (Lipinski definition) is 1. The summed E-state index contributed by atoms with van der Waals surface area (Å²) in [5, 5.41) is 0. The second-order valence-corrected chi connectivity index (χ2v) is 5.26. The van der Waals surface area contributed by atoms with E-state index in [1.165, 1.54) is 12.0 Å². The molecule has 0 saturated carbocycles. The minimum absolute atomic E-state index is 0.281. The first kappa shape index (κ1) is 18.2. The molecule has 106 valence electrons. The average molecular weight is 260 g/mol. The van der Waals surface area contributed by atoms with Gasteiger partial charge in [0.05, 0.1) is 7.85 Å². The van der Waals surface area contributed by atoms with Gasteiger partial charge in [-0.3, -0.25) is 4.99 Å². The summed E-state index contributed by atoms with van der Waals surface area (Å²) in [6.07, 6.45) is 13.2. The zero-order valence-electron chi connectivity index (χ0n) is 13.0. The maximum absolute atomic E-state index is 6.26. The van der Waals surface area contributed by atoms with Gasteiger partial charge in [-0.05, 0) is 45.7 Å². The molecule has 0 aromatic carbocycles. The molecule has 2 atom stereocenters. The monoisotopic (exact) mass is 260 g/mol. The molecule has 0 rings (SSSR count). The first-order chi connectivity index (χ1) is 8.97. The van der Waals surface area contributed by atoms with Crippen LogP contribution in [0.2, 0.25) is 6.32 Å². The van der Waals surface area contributed by atoms with E-state index in [1.807, 2.05) is 13.8 Å². The Morgan fingerprint density at radius 3 is 2.68 bits per heavy atom. The molecule has 0 aromatic rings. The molecule has 0 aliphatic heterocycles. The van der Waals surface area contributed by atoms with E-state index in [4.69, 9.17) is 13.6 Å². The summed E-state index contributed by atoms with van der Waals surface area (Å²) in [6.45, 7) is 8.19. The normalized spacial score (nSPS) is 18.1. The Morgan fingerprint density at radius 1 is 1.47 bits per heavy atom. The molecule has 2 unspecified atom stereocenters. The standard InChI is InChI=1S/C16H29BN2/c1-5-7-8-9-14(3)10-11-15(12-13-17)16(4,18)19-6-2/h6,8-10,15H,5,7,11-13,18H2,1-4H3. The highest BCUT2D eigenvalue weighted by Crippen LogP contribution is 2.25. The Bertz CT molecular complexity index is 317. The number of nitrogens with zero attached hydrogens (tertiary/aromatic N) is 1. The van der Waals surface area contributed by atoms with Gasteiger partial charge >= 0.3 is 0 Å². The van der Waals surface area contributed by atoms with Crippen molar-refractivity contribution in [3.63, 3.8) is 0 Å². The van der Waals surface area contributed by atoms with Crippen molar-refractivity contribution in [3.8, 4) is 0 Å². The van der Waals surface area contributed by atoms with Crippen molar-refractivity contribution in [1.82, 2.24) is 0 Å². The molecule has 3 heteroatoms. The summed E-state index contributed by atoms with van der Waals surface area (Å²) in [7, 11) is 5.68. The lowest BCUT2D eigenvalue weighted by Crippen LogP contribution is -2.42. The van der Waals surface area contributed by atoms with Gasteiger partial charge in [-0.15, -0.1) is 0 Å². The van der Waals surface area contributed by atoms with Crippen LogP contribution in [-0.4, -0.2) is 19.7 Å². The summed E-state index contributed by atoms with van der Waals surface area (Å²) < 4.78 is 0. The molecule has 0 heterocycles. The van der Waals surface area contributed by atoms with Crippen molar-refractivity contribution in [2.45, 2.75) is 65.4 Å². The third-order valence-corrected chi connectivity index (χ3v) is 3.31. The number of allylic oxidation sites excluding steroid dienone is 4. The molecule has 2 radical (unpaired) electrons. The van der Waals surface area contributed by atoms with Gasteiger partial charge in [-0.25, -0.2) is 0 Å². The number of aliphatic imine (C=N–C) groups is 1. The van der Waals surface area contributed by atoms with E-state index in [0.717, 1.165) is 19.3 Å². The van der Waals surface area contributed by atoms with Crippen LogP contribution in [0, 0.1) is 5.92 Å². The van der Waals surface area contributed by atoms with E-state index in [-0.39, 0.29) is 5.92 Å². The Balaban J connectivity index is 4.63. The first-order valence-corrected chi connectivity index (χ1v) is 7.30. The first-order valence-electron chi connectivity index (χ1n) is 7.30. The molecular weight excluding hydrogens is 231 g/mol. The minimum atomic E-state index is -0.530. The zero-order valence-corrected chi connectivity index (χ0v) is 13.0. The van der Waals surface area contributed by atoms with Crippen LogP contribution >= 0.6 is 0 Å². The van der Waals surface area contributed by atoms with Gasteiger partial charge < -0.3 is 5.73 Å². The number of unbranched alkanes of at least 4 members (excludes halogenated alkanes) is 1. The molecule has 19 heavy (non-hydrogen) atoms. The SMILES string of the molecule is [B]CCC(CC=C(C)C=CCCC)C(C)(N)N=CC. The lowest BCUT2D eigenvalue weighted by atomic mass is 9.83. The maximum Gasteiger partial charge on any atom is 0.108 e. The Kier molecular flexibility index (Phi) is 9.59. The molecule has 2 nitrogen and oxygen atoms in total. The van der Waals surface area contributed by atoms with E-state index in [1.54, 1.807) is 6.21 Å². The lowest BCUT2D eigenvalue weighted by molar-refractivity contribution is 0.300. The van der Waals surface area contributed by atoms with Crippen molar-refractivity contribution >= 4 is 14.1 Å². The van der Waals surface area contributed by atoms with Crippen LogP contribution < -0.4 is 5.73 Å². The largest absolute Gasteiger partial charge is 0.307 e. The van der Waals surface area contributed by atoms with Crippen LogP contribution in [0.15, 0.2) is 28.8 Å². The molecule has 2 N–H and O–H groups in total. The van der Waals surface area contributed by atoms with Crippen molar-refractivity contribution in [3.05, 3.63) is 23.8 Å². The third-order valence-electron chi connectivity index (χ3n) is 3.31. The molecular formula is C16H29BN2. The topological polar surface area (TPSA) is 38.4 Å². The highest BCUT2D eigenvalue weighted by molar-refractivity contribution is 6.08. The summed E-state index contributed by atoms with van der Waals surface area (Å²) >= 11 is 0. The molecule has 0 bridgehead atoms. The van der Waals surface area contributed by atoms with Crippen molar-refractivity contribution in [1.29, 1.82) is 0 Å². The minimum Gasteiger partial charge on any atom is -0.307 e. The highest BCUT2D eigenvalue weighted by atomic mass is 15.0. The Labute approximate surface area is 120 Å². The maximum atomic E-state index is 6.26. The predicted molar refractivity (Wildman–Crippen MR) is 87.8 cm³/mol. The van der Waals surface area contributed by atoms with E-state index < -0.39 is 5.66 Å². The van der Waals surface area contributed by atoms with Crippen LogP contribution in [0.1, 0.15) is 53.4 Å². The lowest BCUT2D eigenvalue weighted by Gasteiger charge is -2.30. The van der Waals surface area contributed by atoms with Gasteiger partial charge in [0.2, 0.25) is 0 Å². The summed E-state index contributed by atoms with van der Waals surface area (Å²) in [6, 6.07) is 0. The second-order valence-electron chi connectivity index (χ2n) is 5.26.